The van der Waals surface area contributed by atoms with E-state index in [1.807, 2.05) is 6.92 Å². The number of ether oxygens (including phenoxy) is 1. The Kier molecular flexibility index (Phi) is 3.77. The second-order valence-electron chi connectivity index (χ2n) is 3.69. The SMILES string of the molecule is CCc1ncc(-c2ccc(F)cc2Cl)nc1OC. The van der Waals surface area contributed by atoms with Crippen molar-refractivity contribution in [2.24, 2.45) is 0 Å². The van der Waals surface area contributed by atoms with Crippen LogP contribution in [0.2, 0.25) is 5.02 Å². The third-order valence-corrected chi connectivity index (χ3v) is 2.86. The van der Waals surface area contributed by atoms with Gasteiger partial charge in [0, 0.05) is 5.56 Å². The Morgan fingerprint density at radius 2 is 2.17 bits per heavy atom. The Balaban J connectivity index is 2.51. The molecule has 18 heavy (non-hydrogen) atoms. The monoisotopic (exact) mass is 266 g/mol. The molecular weight excluding hydrogens is 255 g/mol. The lowest BCUT2D eigenvalue weighted by Gasteiger charge is -2.08. The number of rotatable bonds is 3. The third-order valence-electron chi connectivity index (χ3n) is 2.55. The van der Waals surface area contributed by atoms with Gasteiger partial charge in [0.2, 0.25) is 5.88 Å². The summed E-state index contributed by atoms with van der Waals surface area (Å²) >= 11 is 5.98. The average molecular weight is 267 g/mol. The first-order chi connectivity index (χ1) is 8.65. The van der Waals surface area contributed by atoms with E-state index in [0.29, 0.717) is 22.2 Å². The Labute approximate surface area is 110 Å². The molecule has 1 aromatic carbocycles. The van der Waals surface area contributed by atoms with Gasteiger partial charge < -0.3 is 4.74 Å². The molecule has 0 aliphatic heterocycles. The molecule has 5 heteroatoms. The lowest BCUT2D eigenvalue weighted by Crippen LogP contribution is -1.99. The van der Waals surface area contributed by atoms with E-state index in [1.165, 1.54) is 12.1 Å². The summed E-state index contributed by atoms with van der Waals surface area (Å²) in [7, 11) is 1.54. The van der Waals surface area contributed by atoms with Crippen LogP contribution in [0.15, 0.2) is 24.4 Å². The van der Waals surface area contributed by atoms with Crippen LogP contribution in [0, 0.1) is 5.82 Å². The predicted octanol–water partition coefficient (Wildman–Crippen LogP) is 3.51. The minimum Gasteiger partial charge on any atom is -0.480 e. The minimum atomic E-state index is -0.381. The topological polar surface area (TPSA) is 35.0 Å². The van der Waals surface area contributed by atoms with Gasteiger partial charge in [-0.15, -0.1) is 0 Å². The normalized spacial score (nSPS) is 10.4. The van der Waals surface area contributed by atoms with Crippen molar-refractivity contribution >= 4 is 11.6 Å². The summed E-state index contributed by atoms with van der Waals surface area (Å²) in [6.07, 6.45) is 2.34. The van der Waals surface area contributed by atoms with E-state index in [2.05, 4.69) is 9.97 Å². The predicted molar refractivity (Wildman–Crippen MR) is 68.4 cm³/mol. The second-order valence-corrected chi connectivity index (χ2v) is 4.10. The first-order valence-corrected chi connectivity index (χ1v) is 5.88. The summed E-state index contributed by atoms with van der Waals surface area (Å²) in [6.45, 7) is 1.97. The van der Waals surface area contributed by atoms with Crippen LogP contribution in [0.1, 0.15) is 12.6 Å². The molecule has 0 radical (unpaired) electrons. The highest BCUT2D eigenvalue weighted by Gasteiger charge is 2.11. The molecule has 2 aromatic rings. The molecule has 2 rings (SSSR count). The molecule has 3 nitrogen and oxygen atoms in total. The van der Waals surface area contributed by atoms with Gasteiger partial charge in [0.15, 0.2) is 0 Å². The standard InChI is InChI=1S/C13H12ClFN2O/c1-3-11-13(18-2)17-12(7-16-11)9-5-4-8(15)6-10(9)14/h4-7H,3H2,1-2H3. The molecule has 0 N–H and O–H groups in total. The van der Waals surface area contributed by atoms with Crippen molar-refractivity contribution in [1.82, 2.24) is 9.97 Å². The zero-order valence-electron chi connectivity index (χ0n) is 10.1. The number of hydrogen-bond donors (Lipinski definition) is 0. The minimum absolute atomic E-state index is 0.301. The lowest BCUT2D eigenvalue weighted by atomic mass is 10.1. The molecule has 0 spiro atoms. The van der Waals surface area contributed by atoms with Gasteiger partial charge in [-0.05, 0) is 24.6 Å². The van der Waals surface area contributed by atoms with Crippen molar-refractivity contribution < 1.29 is 9.13 Å². The molecule has 0 aliphatic carbocycles. The Hall–Kier alpha value is -1.68. The van der Waals surface area contributed by atoms with Crippen LogP contribution >= 0.6 is 11.6 Å². The van der Waals surface area contributed by atoms with Gasteiger partial charge in [0.05, 0.1) is 24.0 Å². The van der Waals surface area contributed by atoms with Crippen molar-refractivity contribution in [3.05, 3.63) is 40.9 Å². The summed E-state index contributed by atoms with van der Waals surface area (Å²) in [4.78, 5) is 8.60. The zero-order chi connectivity index (χ0) is 13.1. The van der Waals surface area contributed by atoms with Crippen LogP contribution in [0.5, 0.6) is 5.88 Å². The number of hydrogen-bond acceptors (Lipinski definition) is 3. The van der Waals surface area contributed by atoms with Crippen molar-refractivity contribution in [1.29, 1.82) is 0 Å². The molecule has 0 bridgehead atoms. The highest BCUT2D eigenvalue weighted by Crippen LogP contribution is 2.28. The highest BCUT2D eigenvalue weighted by molar-refractivity contribution is 6.33. The molecular formula is C13H12ClFN2O. The summed E-state index contributed by atoms with van der Waals surface area (Å²) < 4.78 is 18.2. The summed E-state index contributed by atoms with van der Waals surface area (Å²) in [6, 6.07) is 4.16. The Morgan fingerprint density at radius 1 is 1.39 bits per heavy atom. The van der Waals surface area contributed by atoms with E-state index in [0.717, 1.165) is 12.1 Å². The number of halogens is 2. The van der Waals surface area contributed by atoms with Gasteiger partial charge in [0.25, 0.3) is 0 Å². The molecule has 0 unspecified atom stereocenters. The van der Waals surface area contributed by atoms with Crippen molar-refractivity contribution in [2.45, 2.75) is 13.3 Å². The fourth-order valence-corrected chi connectivity index (χ4v) is 1.89. The number of nitrogens with zero attached hydrogens (tertiary/aromatic N) is 2. The Morgan fingerprint density at radius 3 is 2.78 bits per heavy atom. The van der Waals surface area contributed by atoms with Gasteiger partial charge in [0.1, 0.15) is 11.5 Å². The number of aryl methyl sites for hydroxylation is 1. The fourth-order valence-electron chi connectivity index (χ4n) is 1.63. The molecule has 0 saturated heterocycles. The molecule has 0 aliphatic rings. The first kappa shape index (κ1) is 12.8. The van der Waals surface area contributed by atoms with Gasteiger partial charge >= 0.3 is 0 Å². The van der Waals surface area contributed by atoms with E-state index >= 15 is 0 Å². The number of methoxy groups -OCH3 is 1. The van der Waals surface area contributed by atoms with Crippen molar-refractivity contribution in [2.75, 3.05) is 7.11 Å². The van der Waals surface area contributed by atoms with E-state index in [-0.39, 0.29) is 5.82 Å². The molecule has 0 fully saturated rings. The first-order valence-electron chi connectivity index (χ1n) is 5.51. The highest BCUT2D eigenvalue weighted by atomic mass is 35.5. The van der Waals surface area contributed by atoms with Gasteiger partial charge in [-0.3, -0.25) is 4.98 Å². The number of benzene rings is 1. The van der Waals surface area contributed by atoms with Crippen LogP contribution in [-0.2, 0) is 6.42 Å². The fraction of sp³-hybridized carbons (Fsp3) is 0.231. The average Bonchev–Trinajstić information content (AvgIpc) is 2.38. The maximum absolute atomic E-state index is 13.0. The summed E-state index contributed by atoms with van der Waals surface area (Å²) in [5, 5.41) is 0.301. The molecule has 0 amide bonds. The van der Waals surface area contributed by atoms with Gasteiger partial charge in [-0.1, -0.05) is 18.5 Å². The van der Waals surface area contributed by atoms with E-state index < -0.39 is 0 Å². The quantitative estimate of drug-likeness (QED) is 0.853. The summed E-state index contributed by atoms with van der Waals surface area (Å²) in [5.41, 5.74) is 1.97. The molecule has 1 heterocycles. The van der Waals surface area contributed by atoms with Crippen LogP contribution in [-0.4, -0.2) is 17.1 Å². The maximum Gasteiger partial charge on any atom is 0.235 e. The molecule has 0 saturated carbocycles. The van der Waals surface area contributed by atoms with Crippen molar-refractivity contribution in [3.63, 3.8) is 0 Å². The Bertz CT molecular complexity index is 575. The number of aromatic nitrogens is 2. The van der Waals surface area contributed by atoms with Crippen LogP contribution in [0.3, 0.4) is 0 Å². The van der Waals surface area contributed by atoms with Crippen LogP contribution < -0.4 is 4.74 Å². The van der Waals surface area contributed by atoms with E-state index in [4.69, 9.17) is 16.3 Å². The molecule has 0 atom stereocenters. The van der Waals surface area contributed by atoms with Crippen LogP contribution in [0.4, 0.5) is 4.39 Å². The smallest absolute Gasteiger partial charge is 0.235 e. The zero-order valence-corrected chi connectivity index (χ0v) is 10.8. The maximum atomic E-state index is 13.0. The van der Waals surface area contributed by atoms with Crippen LogP contribution in [0.25, 0.3) is 11.3 Å². The van der Waals surface area contributed by atoms with Crippen molar-refractivity contribution in [3.8, 4) is 17.1 Å². The summed E-state index contributed by atoms with van der Waals surface area (Å²) in [5.74, 6) is 0.0873. The second kappa shape index (κ2) is 5.31. The third kappa shape index (κ3) is 2.43. The largest absolute Gasteiger partial charge is 0.480 e. The van der Waals surface area contributed by atoms with Gasteiger partial charge in [-0.25, -0.2) is 9.37 Å². The van der Waals surface area contributed by atoms with E-state index in [9.17, 15) is 4.39 Å². The lowest BCUT2D eigenvalue weighted by molar-refractivity contribution is 0.390. The molecule has 1 aromatic heterocycles. The van der Waals surface area contributed by atoms with E-state index in [1.54, 1.807) is 19.4 Å². The van der Waals surface area contributed by atoms with Gasteiger partial charge in [-0.2, -0.15) is 0 Å². The molecule has 94 valence electrons.